The van der Waals surface area contributed by atoms with Gasteiger partial charge in [0.2, 0.25) is 11.8 Å². The number of nitrogens with zero attached hydrogens (tertiary/aromatic N) is 3. The fraction of sp³-hybridized carbons (Fsp3) is 0.694. The standard InChI is InChI=1S/C36H50N4O6/c1-8-22-29-18-40(31(22)20(3)41)34(42)32(36(4,5)6)39-35(43)46-28-17-24-19(2)30(24)23(28)12-10-9-11-13-26-33(45-29)38-27-16-21(44-7)14-15-25(27)37-26/h14-16,19,22-24,28-32H,8-13,17-18H2,1-7H3,(H,39,43)/t19-,22-,23+,24+,28-,29+,30+,31-,32-/m1/s1. The molecule has 1 aromatic carbocycles. The number of hydrogen-bond donors (Lipinski definition) is 1. The Bertz CT molecular complexity index is 1490. The number of benzene rings is 1. The first kappa shape index (κ1) is 32.5. The molecule has 0 spiro atoms. The Morgan fingerprint density at radius 3 is 2.54 bits per heavy atom. The molecule has 2 saturated carbocycles. The third-order valence-electron chi connectivity index (χ3n) is 11.1. The summed E-state index contributed by atoms with van der Waals surface area (Å²) in [5, 5.41) is 2.95. The molecule has 46 heavy (non-hydrogen) atoms. The Morgan fingerprint density at radius 2 is 1.85 bits per heavy atom. The summed E-state index contributed by atoms with van der Waals surface area (Å²) in [6, 6.07) is 4.08. The van der Waals surface area contributed by atoms with Gasteiger partial charge in [0.15, 0.2) is 5.78 Å². The average Bonchev–Trinajstić information content (AvgIpc) is 3.31. The van der Waals surface area contributed by atoms with E-state index in [1.54, 1.807) is 12.0 Å². The molecule has 0 radical (unpaired) electrons. The summed E-state index contributed by atoms with van der Waals surface area (Å²) >= 11 is 0. The van der Waals surface area contributed by atoms with Crippen molar-refractivity contribution in [1.29, 1.82) is 0 Å². The van der Waals surface area contributed by atoms with E-state index >= 15 is 0 Å². The lowest BCUT2D eigenvalue weighted by molar-refractivity contribution is -0.141. The quantitative estimate of drug-likeness (QED) is 0.454. The van der Waals surface area contributed by atoms with Gasteiger partial charge in [-0.2, -0.15) is 0 Å². The van der Waals surface area contributed by atoms with Crippen LogP contribution in [0.4, 0.5) is 4.79 Å². The highest BCUT2D eigenvalue weighted by Gasteiger charge is 2.60. The zero-order valence-corrected chi connectivity index (χ0v) is 28.4. The van der Waals surface area contributed by atoms with Gasteiger partial charge in [-0.3, -0.25) is 9.59 Å². The molecule has 1 aromatic heterocycles. The molecule has 250 valence electrons. The van der Waals surface area contributed by atoms with Crippen LogP contribution in [0.5, 0.6) is 11.6 Å². The van der Waals surface area contributed by atoms with Gasteiger partial charge < -0.3 is 24.4 Å². The van der Waals surface area contributed by atoms with Gasteiger partial charge in [-0.1, -0.05) is 47.5 Å². The number of fused-ring (bicyclic) bond motifs is 7. The van der Waals surface area contributed by atoms with Crippen molar-refractivity contribution < 1.29 is 28.6 Å². The monoisotopic (exact) mass is 634 g/mol. The first-order chi connectivity index (χ1) is 21.9. The number of Topliss-reactive ketones (excluding diaryl/α,β-unsaturated/α-hetero) is 1. The summed E-state index contributed by atoms with van der Waals surface area (Å²) in [4.78, 5) is 52.6. The fourth-order valence-electron chi connectivity index (χ4n) is 8.63. The maximum atomic E-state index is 14.4. The molecule has 9 atom stereocenters. The molecule has 1 saturated heterocycles. The van der Waals surface area contributed by atoms with Gasteiger partial charge in [0.1, 0.15) is 29.7 Å². The lowest BCUT2D eigenvalue weighted by Crippen LogP contribution is -2.57. The Labute approximate surface area is 272 Å². The van der Waals surface area contributed by atoms with Gasteiger partial charge in [-0.25, -0.2) is 14.8 Å². The Hall–Kier alpha value is -3.43. The van der Waals surface area contributed by atoms with Gasteiger partial charge in [-0.05, 0) is 80.2 Å². The van der Waals surface area contributed by atoms with E-state index in [4.69, 9.17) is 24.2 Å². The van der Waals surface area contributed by atoms with E-state index < -0.39 is 29.7 Å². The molecule has 6 rings (SSSR count). The van der Waals surface area contributed by atoms with Crippen molar-refractivity contribution in [2.45, 2.75) is 111 Å². The SMILES string of the molecule is CC[C@@H]1[C@@H]2CN(C(=O)[C@H](C(C)(C)C)NC(=O)O[C@@H]3C[C@H]4[C@@H](C)[C@H]4[C@H]3CCCCCc3nc4ccc(OC)cc4nc3O2)[C@@H]1C(C)=O. The van der Waals surface area contributed by atoms with E-state index in [-0.39, 0.29) is 30.3 Å². The second kappa shape index (κ2) is 12.6. The molecule has 3 heterocycles. The molecule has 2 amide bonds. The smallest absolute Gasteiger partial charge is 0.408 e. The summed E-state index contributed by atoms with van der Waals surface area (Å²) < 4.78 is 18.3. The summed E-state index contributed by atoms with van der Waals surface area (Å²) in [7, 11) is 1.62. The van der Waals surface area contributed by atoms with Crippen molar-refractivity contribution in [2.24, 2.45) is 35.0 Å². The molecule has 2 aromatic rings. The van der Waals surface area contributed by atoms with E-state index in [2.05, 4.69) is 12.2 Å². The van der Waals surface area contributed by atoms with Crippen LogP contribution in [-0.2, 0) is 20.7 Å². The van der Waals surface area contributed by atoms with Gasteiger partial charge in [0.05, 0.1) is 30.7 Å². The molecular weight excluding hydrogens is 584 g/mol. The van der Waals surface area contributed by atoms with Crippen LogP contribution in [0, 0.1) is 35.0 Å². The minimum absolute atomic E-state index is 0.107. The highest BCUT2D eigenvalue weighted by molar-refractivity contribution is 5.92. The van der Waals surface area contributed by atoms with Crippen LogP contribution in [0.3, 0.4) is 0 Å². The summed E-state index contributed by atoms with van der Waals surface area (Å²) in [5.41, 5.74) is 1.60. The van der Waals surface area contributed by atoms with E-state index in [1.165, 1.54) is 6.92 Å². The maximum absolute atomic E-state index is 14.4. The van der Waals surface area contributed by atoms with Crippen molar-refractivity contribution in [3.05, 3.63) is 23.9 Å². The number of hydrogen-bond acceptors (Lipinski definition) is 8. The molecule has 0 unspecified atom stereocenters. The van der Waals surface area contributed by atoms with E-state index in [0.29, 0.717) is 53.7 Å². The predicted octanol–water partition coefficient (Wildman–Crippen LogP) is 5.74. The lowest BCUT2D eigenvalue weighted by Gasteiger charge is -2.36. The number of carbonyl (C=O) groups is 3. The highest BCUT2D eigenvalue weighted by Crippen LogP contribution is 2.62. The number of methoxy groups -OCH3 is 1. The second-order valence-electron chi connectivity index (χ2n) is 15.1. The number of ether oxygens (including phenoxy) is 3. The maximum Gasteiger partial charge on any atom is 0.408 e. The van der Waals surface area contributed by atoms with E-state index in [0.717, 1.165) is 43.3 Å². The van der Waals surface area contributed by atoms with Crippen LogP contribution >= 0.6 is 0 Å². The predicted molar refractivity (Wildman–Crippen MR) is 174 cm³/mol. The number of alkyl carbamates (subject to hydrolysis) is 1. The lowest BCUT2D eigenvalue weighted by atomic mass is 9.85. The largest absolute Gasteiger partial charge is 0.497 e. The topological polar surface area (TPSA) is 120 Å². The van der Waals surface area contributed by atoms with Gasteiger partial charge >= 0.3 is 6.09 Å². The Kier molecular flexibility index (Phi) is 8.93. The van der Waals surface area contributed by atoms with Crippen LogP contribution < -0.4 is 14.8 Å². The van der Waals surface area contributed by atoms with Crippen molar-refractivity contribution in [1.82, 2.24) is 20.2 Å². The molecule has 4 aliphatic rings. The fourth-order valence-corrected chi connectivity index (χ4v) is 8.63. The number of carbonyl (C=O) groups excluding carboxylic acids is 3. The summed E-state index contributed by atoms with van der Waals surface area (Å²) in [6.45, 7) is 11.8. The number of nitrogens with one attached hydrogen (secondary N) is 1. The van der Waals surface area contributed by atoms with Crippen molar-refractivity contribution in [2.75, 3.05) is 13.7 Å². The summed E-state index contributed by atoms with van der Waals surface area (Å²) in [5.74, 6) is 2.66. The zero-order valence-electron chi connectivity index (χ0n) is 28.4. The minimum Gasteiger partial charge on any atom is -0.497 e. The second-order valence-corrected chi connectivity index (χ2v) is 15.1. The molecule has 1 N–H and O–H groups in total. The molecule has 2 aliphatic heterocycles. The Morgan fingerprint density at radius 1 is 1.07 bits per heavy atom. The van der Waals surface area contributed by atoms with Gasteiger partial charge in [-0.15, -0.1) is 0 Å². The average molecular weight is 635 g/mol. The van der Waals surface area contributed by atoms with Crippen molar-refractivity contribution in [3.8, 4) is 11.6 Å². The number of amides is 2. The van der Waals surface area contributed by atoms with E-state index in [1.807, 2.05) is 45.9 Å². The van der Waals surface area contributed by atoms with Crippen LogP contribution in [0.25, 0.3) is 11.0 Å². The molecule has 3 fully saturated rings. The third-order valence-corrected chi connectivity index (χ3v) is 11.1. The number of aromatic nitrogens is 2. The van der Waals surface area contributed by atoms with E-state index in [9.17, 15) is 14.4 Å². The summed E-state index contributed by atoms with van der Waals surface area (Å²) in [6.07, 6.45) is 5.03. The minimum atomic E-state index is -0.881. The molecule has 2 bridgehead atoms. The van der Waals surface area contributed by atoms with Gasteiger partial charge in [0, 0.05) is 12.0 Å². The zero-order chi connectivity index (χ0) is 32.9. The van der Waals surface area contributed by atoms with Crippen LogP contribution in [-0.4, -0.2) is 70.6 Å². The normalized spacial score (nSPS) is 33.5. The first-order valence-corrected chi connectivity index (χ1v) is 17.2. The van der Waals surface area contributed by atoms with Crippen LogP contribution in [0.15, 0.2) is 18.2 Å². The third kappa shape index (κ3) is 6.16. The number of aryl methyl sites for hydroxylation is 1. The van der Waals surface area contributed by atoms with Crippen LogP contribution in [0.2, 0.25) is 0 Å². The van der Waals surface area contributed by atoms with Crippen molar-refractivity contribution >= 4 is 28.8 Å². The molecule has 2 aliphatic carbocycles. The molecule has 10 heteroatoms. The van der Waals surface area contributed by atoms with Gasteiger partial charge in [0.25, 0.3) is 0 Å². The highest BCUT2D eigenvalue weighted by atomic mass is 16.6. The number of ketones is 1. The molecular formula is C36H50N4O6. The van der Waals surface area contributed by atoms with Crippen molar-refractivity contribution in [3.63, 3.8) is 0 Å². The first-order valence-electron chi connectivity index (χ1n) is 17.2. The Balaban J connectivity index is 1.38. The molecule has 10 nitrogen and oxygen atoms in total. The van der Waals surface area contributed by atoms with Crippen LogP contribution in [0.1, 0.15) is 85.8 Å². The number of rotatable bonds is 3.